The van der Waals surface area contributed by atoms with Crippen LogP contribution in [0, 0.1) is 6.92 Å². The monoisotopic (exact) mass is 456 g/mol. The lowest BCUT2D eigenvalue weighted by Crippen LogP contribution is -2.10. The van der Waals surface area contributed by atoms with E-state index >= 15 is 0 Å². The fourth-order valence-corrected chi connectivity index (χ4v) is 6.90. The molecule has 29 heavy (non-hydrogen) atoms. The minimum atomic E-state index is -0.0791. The summed E-state index contributed by atoms with van der Waals surface area (Å²) in [5.74, 6) is 1.22. The number of H-pyrrole nitrogens is 1. The first-order valence-electron chi connectivity index (χ1n) is 9.05. The first kappa shape index (κ1) is 18.9. The van der Waals surface area contributed by atoms with Gasteiger partial charge in [0, 0.05) is 31.0 Å². The molecule has 0 unspecified atom stereocenters. The van der Waals surface area contributed by atoms with Gasteiger partial charge in [-0.15, -0.1) is 34.0 Å². The molecule has 5 rings (SSSR count). The van der Waals surface area contributed by atoms with E-state index in [1.165, 1.54) is 21.1 Å². The molecule has 0 radical (unpaired) electrons. The molecule has 146 valence electrons. The predicted octanol–water partition coefficient (Wildman–Crippen LogP) is 5.88. The predicted molar refractivity (Wildman–Crippen MR) is 125 cm³/mol. The summed E-state index contributed by atoms with van der Waals surface area (Å²) in [6.45, 7) is 4.21. The molecule has 0 fully saturated rings. The molecule has 9 heteroatoms. The molecular weight excluding hydrogens is 441 g/mol. The molecule has 1 N–H and O–H groups in total. The molecule has 0 spiro atoms. The molecule has 0 bridgehead atoms. The van der Waals surface area contributed by atoms with Crippen molar-refractivity contribution in [1.29, 1.82) is 0 Å². The number of rotatable bonds is 5. The highest BCUT2D eigenvalue weighted by Gasteiger charge is 2.15. The molecule has 0 aliphatic carbocycles. The maximum Gasteiger partial charge on any atom is 0.260 e. The number of nitrogens with one attached hydrogen (secondary N) is 1. The van der Waals surface area contributed by atoms with Gasteiger partial charge in [0.15, 0.2) is 0 Å². The molecule has 0 atom stereocenters. The zero-order chi connectivity index (χ0) is 20.0. The van der Waals surface area contributed by atoms with Crippen LogP contribution in [0.15, 0.2) is 39.7 Å². The van der Waals surface area contributed by atoms with Crippen LogP contribution >= 0.6 is 45.8 Å². The van der Waals surface area contributed by atoms with Crippen LogP contribution in [0.4, 0.5) is 0 Å². The number of hydrogen-bond donors (Lipinski definition) is 1. The molecular formula is C20H16N4OS4. The Morgan fingerprint density at radius 2 is 2.07 bits per heavy atom. The largest absolute Gasteiger partial charge is 0.309 e. The summed E-state index contributed by atoms with van der Waals surface area (Å²) in [4.78, 5) is 34.7. The number of thioether (sulfide) groups is 1. The van der Waals surface area contributed by atoms with Gasteiger partial charge in [-0.25, -0.2) is 15.0 Å². The van der Waals surface area contributed by atoms with E-state index in [-0.39, 0.29) is 5.56 Å². The molecule has 5 heterocycles. The van der Waals surface area contributed by atoms with Gasteiger partial charge in [0.05, 0.1) is 11.1 Å². The van der Waals surface area contributed by atoms with Crippen molar-refractivity contribution in [2.75, 3.05) is 0 Å². The summed E-state index contributed by atoms with van der Waals surface area (Å²) < 4.78 is 0. The third kappa shape index (κ3) is 3.52. The molecule has 0 saturated carbocycles. The minimum absolute atomic E-state index is 0.0791. The second kappa shape index (κ2) is 7.64. The van der Waals surface area contributed by atoms with Crippen molar-refractivity contribution in [3.8, 4) is 10.4 Å². The molecule has 5 aromatic rings. The fourth-order valence-electron chi connectivity index (χ4n) is 3.13. The van der Waals surface area contributed by atoms with Crippen molar-refractivity contribution in [3.63, 3.8) is 0 Å². The van der Waals surface area contributed by atoms with Crippen LogP contribution in [-0.2, 0) is 12.2 Å². The minimum Gasteiger partial charge on any atom is -0.309 e. The third-order valence-corrected chi connectivity index (χ3v) is 8.65. The Balaban J connectivity index is 1.46. The fraction of sp³-hybridized carbons (Fsp3) is 0.200. The van der Waals surface area contributed by atoms with E-state index in [9.17, 15) is 4.79 Å². The number of aromatic nitrogens is 4. The maximum atomic E-state index is 12.8. The Morgan fingerprint density at radius 1 is 1.17 bits per heavy atom. The van der Waals surface area contributed by atoms with E-state index < -0.39 is 0 Å². The first-order valence-corrected chi connectivity index (χ1v) is 12.6. The lowest BCUT2D eigenvalue weighted by atomic mass is 10.2. The molecule has 0 aromatic carbocycles. The van der Waals surface area contributed by atoms with E-state index in [0.717, 1.165) is 36.9 Å². The van der Waals surface area contributed by atoms with Gasteiger partial charge in [0.2, 0.25) is 0 Å². The van der Waals surface area contributed by atoms with Crippen LogP contribution in [0.25, 0.3) is 30.9 Å². The van der Waals surface area contributed by atoms with Gasteiger partial charge in [-0.1, -0.05) is 18.7 Å². The molecule has 0 saturated heterocycles. The Kier molecular flexibility index (Phi) is 4.99. The van der Waals surface area contributed by atoms with Gasteiger partial charge in [-0.05, 0) is 31.5 Å². The summed E-state index contributed by atoms with van der Waals surface area (Å²) >= 11 is 6.50. The van der Waals surface area contributed by atoms with Crippen molar-refractivity contribution in [3.05, 3.63) is 55.8 Å². The van der Waals surface area contributed by atoms with Crippen molar-refractivity contribution >= 4 is 66.2 Å². The molecule has 0 aliphatic rings. The highest BCUT2D eigenvalue weighted by Crippen LogP contribution is 2.36. The lowest BCUT2D eigenvalue weighted by molar-refractivity contribution is 1.04. The van der Waals surface area contributed by atoms with Crippen molar-refractivity contribution < 1.29 is 0 Å². The summed E-state index contributed by atoms with van der Waals surface area (Å²) in [5, 5.41) is 4.71. The highest BCUT2D eigenvalue weighted by molar-refractivity contribution is 7.98. The number of nitrogens with zero attached hydrogens (tertiary/aromatic N) is 3. The number of hydrogen-bond acceptors (Lipinski definition) is 8. The SMILES string of the molecule is CCc1cc2c(SCc3nc4scc(-c5ccc(C)s5)c4c(=O)[nH]3)ncnc2s1. The third-order valence-electron chi connectivity index (χ3n) is 4.54. The Hall–Kier alpha value is -2.07. The maximum absolute atomic E-state index is 12.8. The second-order valence-corrected chi connectivity index (χ2v) is 10.7. The molecule has 0 aliphatic heterocycles. The van der Waals surface area contributed by atoms with Gasteiger partial charge in [-0.3, -0.25) is 4.79 Å². The average Bonchev–Trinajstić information content (AvgIpc) is 3.43. The van der Waals surface area contributed by atoms with Gasteiger partial charge >= 0.3 is 0 Å². The van der Waals surface area contributed by atoms with E-state index in [1.807, 2.05) is 5.38 Å². The van der Waals surface area contributed by atoms with Crippen LogP contribution in [0.3, 0.4) is 0 Å². The zero-order valence-electron chi connectivity index (χ0n) is 15.7. The van der Waals surface area contributed by atoms with Gasteiger partial charge in [-0.2, -0.15) is 0 Å². The standard InChI is InChI=1S/C20H16N4OS4/c1-3-11-6-12-18(21-9-22-19(12)29-11)27-8-15-23-17(25)16-13(7-26-20(16)24-15)14-5-4-10(2)28-14/h4-7,9H,3,8H2,1-2H3,(H,23,24,25). The Morgan fingerprint density at radius 3 is 2.86 bits per heavy atom. The summed E-state index contributed by atoms with van der Waals surface area (Å²) in [5.41, 5.74) is 0.892. The van der Waals surface area contributed by atoms with E-state index in [4.69, 9.17) is 4.98 Å². The molecule has 5 aromatic heterocycles. The van der Waals surface area contributed by atoms with Crippen molar-refractivity contribution in [2.24, 2.45) is 0 Å². The van der Waals surface area contributed by atoms with Crippen molar-refractivity contribution in [1.82, 2.24) is 19.9 Å². The summed E-state index contributed by atoms with van der Waals surface area (Å²) in [6, 6.07) is 6.31. The van der Waals surface area contributed by atoms with E-state index in [2.05, 4.69) is 47.0 Å². The average molecular weight is 457 g/mol. The number of fused-ring (bicyclic) bond motifs is 2. The van der Waals surface area contributed by atoms with E-state index in [0.29, 0.717) is 17.0 Å². The number of aromatic amines is 1. The molecule has 0 amide bonds. The van der Waals surface area contributed by atoms with Crippen LogP contribution < -0.4 is 5.56 Å². The quantitative estimate of drug-likeness (QED) is 0.264. The van der Waals surface area contributed by atoms with Gasteiger partial charge in [0.1, 0.15) is 26.8 Å². The first-order chi connectivity index (χ1) is 14.1. The number of aryl methyl sites for hydroxylation is 2. The summed E-state index contributed by atoms with van der Waals surface area (Å²) in [6.07, 6.45) is 2.59. The zero-order valence-corrected chi connectivity index (χ0v) is 18.9. The Labute approximate surface area is 182 Å². The van der Waals surface area contributed by atoms with Crippen LogP contribution in [0.2, 0.25) is 0 Å². The topological polar surface area (TPSA) is 71.5 Å². The highest BCUT2D eigenvalue weighted by atomic mass is 32.2. The Bertz CT molecular complexity index is 1390. The van der Waals surface area contributed by atoms with E-state index in [1.54, 1.807) is 40.8 Å². The lowest BCUT2D eigenvalue weighted by Gasteiger charge is -2.03. The van der Waals surface area contributed by atoms with Gasteiger partial charge in [0.25, 0.3) is 5.56 Å². The normalized spacial score (nSPS) is 11.7. The van der Waals surface area contributed by atoms with Gasteiger partial charge < -0.3 is 4.98 Å². The smallest absolute Gasteiger partial charge is 0.260 e. The van der Waals surface area contributed by atoms with Crippen LogP contribution in [0.5, 0.6) is 0 Å². The molecule has 5 nitrogen and oxygen atoms in total. The second-order valence-electron chi connectivity index (χ2n) is 6.51. The number of thiophene rings is 3. The van der Waals surface area contributed by atoms with Crippen LogP contribution in [0.1, 0.15) is 22.5 Å². The summed E-state index contributed by atoms with van der Waals surface area (Å²) in [7, 11) is 0. The van der Waals surface area contributed by atoms with Crippen LogP contribution in [-0.4, -0.2) is 19.9 Å². The van der Waals surface area contributed by atoms with Crippen molar-refractivity contribution in [2.45, 2.75) is 31.0 Å².